The average molecular weight is 232 g/mol. The van der Waals surface area contributed by atoms with Crippen molar-refractivity contribution in [3.05, 3.63) is 30.1 Å². The first-order valence-electron chi connectivity index (χ1n) is 5.15. The molecule has 0 aliphatic carbocycles. The zero-order chi connectivity index (χ0) is 12.3. The number of esters is 1. The van der Waals surface area contributed by atoms with Crippen LogP contribution < -0.4 is 5.73 Å². The second-order valence-electron chi connectivity index (χ2n) is 3.30. The largest absolute Gasteiger partial charge is 0.462 e. The first-order chi connectivity index (χ1) is 8.22. The van der Waals surface area contributed by atoms with E-state index in [1.165, 1.54) is 6.20 Å². The molecule has 0 aromatic carbocycles. The third kappa shape index (κ3) is 2.25. The van der Waals surface area contributed by atoms with Gasteiger partial charge in [-0.05, 0) is 19.1 Å². The quantitative estimate of drug-likeness (QED) is 0.776. The topological polar surface area (TPSA) is 93.9 Å². The van der Waals surface area contributed by atoms with Crippen LogP contribution >= 0.6 is 0 Å². The molecule has 0 saturated heterocycles. The van der Waals surface area contributed by atoms with E-state index in [2.05, 4.69) is 15.0 Å². The lowest BCUT2D eigenvalue weighted by Crippen LogP contribution is -2.10. The maximum absolute atomic E-state index is 11.5. The second kappa shape index (κ2) is 4.65. The number of aromatic amines is 1. The molecule has 0 radical (unpaired) electrons. The molecule has 0 aliphatic rings. The highest BCUT2D eigenvalue weighted by Gasteiger charge is 2.14. The number of H-pyrrole nitrogens is 1. The normalized spacial score (nSPS) is 10.2. The summed E-state index contributed by atoms with van der Waals surface area (Å²) in [7, 11) is 0. The maximum atomic E-state index is 11.5. The zero-order valence-corrected chi connectivity index (χ0v) is 9.30. The van der Waals surface area contributed by atoms with Gasteiger partial charge in [0.05, 0.1) is 12.3 Å². The molecule has 2 rings (SSSR count). The highest BCUT2D eigenvalue weighted by molar-refractivity contribution is 5.93. The minimum absolute atomic E-state index is 0.114. The summed E-state index contributed by atoms with van der Waals surface area (Å²) < 4.78 is 4.83. The Hall–Kier alpha value is -2.37. The predicted octanol–water partition coefficient (Wildman–Crippen LogP) is 1.23. The van der Waals surface area contributed by atoms with Crippen LogP contribution in [-0.4, -0.2) is 27.5 Å². The van der Waals surface area contributed by atoms with E-state index in [0.717, 1.165) is 5.69 Å². The lowest BCUT2D eigenvalue weighted by Gasteiger charge is -2.05. The van der Waals surface area contributed by atoms with Gasteiger partial charge in [-0.1, -0.05) is 0 Å². The second-order valence-corrected chi connectivity index (χ2v) is 3.30. The third-order valence-corrected chi connectivity index (χ3v) is 2.15. The van der Waals surface area contributed by atoms with E-state index in [9.17, 15) is 4.79 Å². The molecule has 3 N–H and O–H groups in total. The summed E-state index contributed by atoms with van der Waals surface area (Å²) in [5, 5.41) is 0. The Balaban J connectivity index is 2.32. The maximum Gasteiger partial charge on any atom is 0.343 e. The van der Waals surface area contributed by atoms with E-state index in [1.54, 1.807) is 13.1 Å². The molecule has 0 atom stereocenters. The van der Waals surface area contributed by atoms with Gasteiger partial charge in [0.15, 0.2) is 5.82 Å². The predicted molar refractivity (Wildman–Crippen MR) is 62.2 cm³/mol. The number of rotatable bonds is 3. The van der Waals surface area contributed by atoms with E-state index in [4.69, 9.17) is 10.5 Å². The van der Waals surface area contributed by atoms with Crippen LogP contribution in [0.1, 0.15) is 17.3 Å². The van der Waals surface area contributed by atoms with Crippen LogP contribution in [0, 0.1) is 0 Å². The molecule has 88 valence electrons. The average Bonchev–Trinajstić information content (AvgIpc) is 2.82. The van der Waals surface area contributed by atoms with Gasteiger partial charge >= 0.3 is 5.97 Å². The van der Waals surface area contributed by atoms with Gasteiger partial charge < -0.3 is 15.5 Å². The Kier molecular flexibility index (Phi) is 3.04. The fourth-order valence-corrected chi connectivity index (χ4v) is 1.36. The van der Waals surface area contributed by atoms with Crippen molar-refractivity contribution in [2.45, 2.75) is 6.92 Å². The van der Waals surface area contributed by atoms with Crippen LogP contribution in [0.5, 0.6) is 0 Å². The molecule has 6 heteroatoms. The molecule has 0 amide bonds. The Morgan fingerprint density at radius 2 is 2.41 bits per heavy atom. The van der Waals surface area contributed by atoms with Crippen molar-refractivity contribution in [2.24, 2.45) is 0 Å². The van der Waals surface area contributed by atoms with E-state index in [-0.39, 0.29) is 18.0 Å². The number of carbonyl (C=O) groups excluding carboxylic acids is 1. The third-order valence-electron chi connectivity index (χ3n) is 2.15. The molecule has 6 nitrogen and oxygen atoms in total. The molecule has 0 unspecified atom stereocenters. The number of aromatic nitrogens is 3. The van der Waals surface area contributed by atoms with Gasteiger partial charge in [-0.25, -0.2) is 14.8 Å². The van der Waals surface area contributed by atoms with Crippen molar-refractivity contribution in [1.82, 2.24) is 15.0 Å². The molecule has 0 aliphatic heterocycles. The molecule has 2 aromatic rings. The summed E-state index contributed by atoms with van der Waals surface area (Å²) in [6, 6.07) is 3.65. The Bertz CT molecular complexity index is 522. The fourth-order valence-electron chi connectivity index (χ4n) is 1.36. The van der Waals surface area contributed by atoms with Crippen molar-refractivity contribution in [3.8, 4) is 11.5 Å². The molecular weight excluding hydrogens is 220 g/mol. The van der Waals surface area contributed by atoms with Crippen molar-refractivity contribution in [1.29, 1.82) is 0 Å². The molecule has 0 spiro atoms. The summed E-state index contributed by atoms with van der Waals surface area (Å²) in [5.74, 6) is 0.0478. The van der Waals surface area contributed by atoms with Gasteiger partial charge in [0.2, 0.25) is 0 Å². The molecule has 2 aromatic heterocycles. The SMILES string of the molecule is CCOC(=O)c1cnc(-c2ccc[nH]2)nc1N. The zero-order valence-electron chi connectivity index (χ0n) is 9.30. The lowest BCUT2D eigenvalue weighted by atomic mass is 10.3. The van der Waals surface area contributed by atoms with E-state index in [1.807, 2.05) is 12.1 Å². The van der Waals surface area contributed by atoms with Crippen LogP contribution in [0.3, 0.4) is 0 Å². The summed E-state index contributed by atoms with van der Waals surface area (Å²) in [5.41, 5.74) is 6.62. The number of hydrogen-bond donors (Lipinski definition) is 2. The van der Waals surface area contributed by atoms with Crippen LogP contribution in [0.2, 0.25) is 0 Å². The van der Waals surface area contributed by atoms with Gasteiger partial charge in [-0.3, -0.25) is 0 Å². The van der Waals surface area contributed by atoms with Crippen LogP contribution in [0.4, 0.5) is 5.82 Å². The minimum Gasteiger partial charge on any atom is -0.462 e. The number of nitrogens with two attached hydrogens (primary N) is 1. The highest BCUT2D eigenvalue weighted by Crippen LogP contribution is 2.16. The first kappa shape index (κ1) is 11.1. The molecular formula is C11H12N4O2. The summed E-state index contributed by atoms with van der Waals surface area (Å²) in [4.78, 5) is 22.5. The number of anilines is 1. The van der Waals surface area contributed by atoms with E-state index in [0.29, 0.717) is 5.82 Å². The number of carbonyl (C=O) groups is 1. The number of ether oxygens (including phenoxy) is 1. The molecule has 2 heterocycles. The highest BCUT2D eigenvalue weighted by atomic mass is 16.5. The Morgan fingerprint density at radius 1 is 1.59 bits per heavy atom. The van der Waals surface area contributed by atoms with Crippen molar-refractivity contribution in [2.75, 3.05) is 12.3 Å². The molecule has 17 heavy (non-hydrogen) atoms. The van der Waals surface area contributed by atoms with Gasteiger partial charge in [0.25, 0.3) is 0 Å². The smallest absolute Gasteiger partial charge is 0.343 e. The van der Waals surface area contributed by atoms with Gasteiger partial charge in [-0.2, -0.15) is 0 Å². The number of nitrogens with one attached hydrogen (secondary N) is 1. The van der Waals surface area contributed by atoms with E-state index >= 15 is 0 Å². The summed E-state index contributed by atoms with van der Waals surface area (Å²) >= 11 is 0. The minimum atomic E-state index is -0.511. The summed E-state index contributed by atoms with van der Waals surface area (Å²) in [6.07, 6.45) is 3.13. The molecule has 0 saturated carbocycles. The first-order valence-corrected chi connectivity index (χ1v) is 5.15. The van der Waals surface area contributed by atoms with Crippen molar-refractivity contribution < 1.29 is 9.53 Å². The fraction of sp³-hybridized carbons (Fsp3) is 0.182. The lowest BCUT2D eigenvalue weighted by molar-refractivity contribution is 0.0527. The number of nitrogens with zero attached hydrogens (tertiary/aromatic N) is 2. The van der Waals surface area contributed by atoms with Crippen molar-refractivity contribution >= 4 is 11.8 Å². The van der Waals surface area contributed by atoms with Crippen molar-refractivity contribution in [3.63, 3.8) is 0 Å². The van der Waals surface area contributed by atoms with Crippen LogP contribution in [0.15, 0.2) is 24.5 Å². The van der Waals surface area contributed by atoms with Gasteiger partial charge in [-0.15, -0.1) is 0 Å². The van der Waals surface area contributed by atoms with Gasteiger partial charge in [0.1, 0.15) is 11.4 Å². The molecule has 0 fully saturated rings. The monoisotopic (exact) mass is 232 g/mol. The Morgan fingerprint density at radius 3 is 3.00 bits per heavy atom. The van der Waals surface area contributed by atoms with Crippen LogP contribution in [0.25, 0.3) is 11.5 Å². The molecule has 0 bridgehead atoms. The summed E-state index contributed by atoms with van der Waals surface area (Å²) in [6.45, 7) is 2.01. The standard InChI is InChI=1S/C11H12N4O2/c1-2-17-11(16)7-6-14-10(15-9(7)12)8-4-3-5-13-8/h3-6,13H,2H2,1H3,(H2,12,14,15). The Labute approximate surface area is 97.8 Å². The van der Waals surface area contributed by atoms with E-state index < -0.39 is 5.97 Å². The van der Waals surface area contributed by atoms with Crippen LogP contribution in [-0.2, 0) is 4.74 Å². The number of nitrogen functional groups attached to an aromatic ring is 1. The van der Waals surface area contributed by atoms with Gasteiger partial charge in [0, 0.05) is 12.4 Å². The number of hydrogen-bond acceptors (Lipinski definition) is 5.